The third-order valence-corrected chi connectivity index (χ3v) is 6.54. The molecule has 4 rings (SSSR count). The molecule has 33 heavy (non-hydrogen) atoms. The second-order valence-corrected chi connectivity index (χ2v) is 8.58. The number of furan rings is 1. The van der Waals surface area contributed by atoms with Crippen LogP contribution < -0.4 is 20.1 Å². The number of carbonyl (C=O) groups is 1. The molecule has 0 bridgehead atoms. The average molecular weight is 464 g/mol. The molecule has 0 radical (unpaired) electrons. The molecule has 0 saturated carbocycles. The smallest absolute Gasteiger partial charge is 0.291 e. The number of benzene rings is 1. The maximum absolute atomic E-state index is 12.8. The first-order valence-electron chi connectivity index (χ1n) is 10.4. The maximum atomic E-state index is 12.8. The van der Waals surface area contributed by atoms with Crippen molar-refractivity contribution < 1.29 is 18.7 Å². The molecule has 2 N–H and O–H groups in total. The molecule has 170 valence electrons. The monoisotopic (exact) mass is 463 g/mol. The van der Waals surface area contributed by atoms with E-state index in [1.165, 1.54) is 17.6 Å². The second kappa shape index (κ2) is 9.79. The summed E-state index contributed by atoms with van der Waals surface area (Å²) in [5, 5.41) is 7.28. The summed E-state index contributed by atoms with van der Waals surface area (Å²) >= 11 is 1.52. The van der Waals surface area contributed by atoms with Crippen LogP contribution in [0.3, 0.4) is 0 Å². The van der Waals surface area contributed by atoms with E-state index in [-0.39, 0.29) is 17.7 Å². The Morgan fingerprint density at radius 3 is 2.61 bits per heavy atom. The quantitative estimate of drug-likeness (QED) is 0.342. The van der Waals surface area contributed by atoms with Gasteiger partial charge in [0.05, 0.1) is 26.5 Å². The van der Waals surface area contributed by atoms with E-state index in [9.17, 15) is 4.79 Å². The van der Waals surface area contributed by atoms with Crippen LogP contribution >= 0.6 is 11.3 Å². The number of anilines is 2. The molecule has 0 fully saturated rings. The minimum absolute atomic E-state index is 0.248. The van der Waals surface area contributed by atoms with Crippen molar-refractivity contribution in [2.24, 2.45) is 0 Å². The Morgan fingerprint density at radius 2 is 1.94 bits per heavy atom. The summed E-state index contributed by atoms with van der Waals surface area (Å²) in [6, 6.07) is 14.3. The summed E-state index contributed by atoms with van der Waals surface area (Å²) < 4.78 is 16.5. The molecule has 1 unspecified atom stereocenters. The Hall–Kier alpha value is -3.78. The zero-order valence-corrected chi connectivity index (χ0v) is 19.7. The van der Waals surface area contributed by atoms with Gasteiger partial charge in [-0.25, -0.2) is 4.98 Å². The van der Waals surface area contributed by atoms with Gasteiger partial charge in [0.2, 0.25) is 0 Å². The largest absolute Gasteiger partial charge is 0.497 e. The number of aromatic nitrogens is 1. The van der Waals surface area contributed by atoms with Gasteiger partial charge in [0.25, 0.3) is 5.91 Å². The van der Waals surface area contributed by atoms with Crippen molar-refractivity contribution in [2.45, 2.75) is 19.9 Å². The first-order valence-corrected chi connectivity index (χ1v) is 11.2. The molecule has 4 aromatic rings. The highest BCUT2D eigenvalue weighted by Crippen LogP contribution is 2.44. The standard InChI is InChI=1S/C25H25N3O4S/c1-15-16(2)33-25(28-24(29)20-8-7-13-32-20)22(15)23(27-21-9-5-6-12-26-21)18-14-17(30-3)10-11-19(18)31-4/h5-14,23H,1-4H3,(H,26,27)(H,28,29). The van der Waals surface area contributed by atoms with Gasteiger partial charge in [-0.05, 0) is 61.9 Å². The number of hydrogen-bond donors (Lipinski definition) is 2. The van der Waals surface area contributed by atoms with Gasteiger partial charge in [-0.3, -0.25) is 4.79 Å². The number of ether oxygens (including phenoxy) is 2. The van der Waals surface area contributed by atoms with Crippen LogP contribution in [0.1, 0.15) is 38.2 Å². The van der Waals surface area contributed by atoms with E-state index in [0.29, 0.717) is 17.3 Å². The lowest BCUT2D eigenvalue weighted by Gasteiger charge is -2.24. The number of nitrogens with zero attached hydrogens (tertiary/aromatic N) is 1. The lowest BCUT2D eigenvalue weighted by Crippen LogP contribution is -2.18. The number of rotatable bonds is 8. The van der Waals surface area contributed by atoms with E-state index in [2.05, 4.69) is 15.6 Å². The van der Waals surface area contributed by atoms with Crippen molar-refractivity contribution >= 4 is 28.1 Å². The number of aryl methyl sites for hydroxylation is 1. The van der Waals surface area contributed by atoms with Crippen LogP contribution in [0.5, 0.6) is 11.5 Å². The number of carbonyl (C=O) groups excluding carboxylic acids is 1. The predicted molar refractivity (Wildman–Crippen MR) is 130 cm³/mol. The van der Waals surface area contributed by atoms with Crippen molar-refractivity contribution in [3.8, 4) is 11.5 Å². The zero-order valence-electron chi connectivity index (χ0n) is 18.8. The van der Waals surface area contributed by atoms with Crippen molar-refractivity contribution in [3.05, 3.63) is 88.3 Å². The maximum Gasteiger partial charge on any atom is 0.291 e. The molecule has 1 amide bonds. The highest BCUT2D eigenvalue weighted by Gasteiger charge is 2.28. The van der Waals surface area contributed by atoms with Crippen molar-refractivity contribution in [1.29, 1.82) is 0 Å². The molecule has 3 aromatic heterocycles. The molecule has 0 saturated heterocycles. The van der Waals surface area contributed by atoms with Gasteiger partial charge in [-0.2, -0.15) is 0 Å². The first-order chi connectivity index (χ1) is 16.0. The van der Waals surface area contributed by atoms with Gasteiger partial charge in [0.1, 0.15) is 22.3 Å². The SMILES string of the molecule is COc1ccc(OC)c(C(Nc2ccccn2)c2c(NC(=O)c3ccco3)sc(C)c2C)c1. The molecular weight excluding hydrogens is 438 g/mol. The highest BCUT2D eigenvalue weighted by atomic mass is 32.1. The van der Waals surface area contributed by atoms with E-state index in [1.54, 1.807) is 32.5 Å². The fourth-order valence-corrected chi connectivity index (χ4v) is 4.72. The van der Waals surface area contributed by atoms with E-state index >= 15 is 0 Å². The van der Waals surface area contributed by atoms with Crippen LogP contribution in [0.2, 0.25) is 0 Å². The number of hydrogen-bond acceptors (Lipinski definition) is 7. The molecular formula is C25H25N3O4S. The molecule has 0 spiro atoms. The fourth-order valence-electron chi connectivity index (χ4n) is 3.62. The van der Waals surface area contributed by atoms with Crippen LogP contribution in [-0.2, 0) is 0 Å². The molecule has 1 atom stereocenters. The lowest BCUT2D eigenvalue weighted by atomic mass is 9.95. The number of thiophene rings is 1. The Labute approximate surface area is 196 Å². The van der Waals surface area contributed by atoms with Crippen LogP contribution in [0.15, 0.2) is 65.4 Å². The molecule has 3 heterocycles. The third-order valence-electron chi connectivity index (χ3n) is 5.40. The topological polar surface area (TPSA) is 85.6 Å². The molecule has 7 nitrogen and oxygen atoms in total. The van der Waals surface area contributed by atoms with E-state index in [0.717, 1.165) is 26.6 Å². The predicted octanol–water partition coefficient (Wildman–Crippen LogP) is 5.82. The Bertz CT molecular complexity index is 1240. The normalized spacial score (nSPS) is 11.6. The summed E-state index contributed by atoms with van der Waals surface area (Å²) in [4.78, 5) is 18.4. The highest BCUT2D eigenvalue weighted by molar-refractivity contribution is 7.16. The van der Waals surface area contributed by atoms with Gasteiger partial charge < -0.3 is 24.5 Å². The number of amides is 1. The van der Waals surface area contributed by atoms with Crippen LogP contribution in [0, 0.1) is 13.8 Å². The summed E-state index contributed by atoms with van der Waals surface area (Å²) in [7, 11) is 3.26. The summed E-state index contributed by atoms with van der Waals surface area (Å²) in [6.45, 7) is 4.08. The van der Waals surface area contributed by atoms with Crippen molar-refractivity contribution in [2.75, 3.05) is 24.9 Å². The van der Waals surface area contributed by atoms with Gasteiger partial charge in [0.15, 0.2) is 5.76 Å². The minimum Gasteiger partial charge on any atom is -0.497 e. The Kier molecular flexibility index (Phi) is 6.65. The molecule has 0 aliphatic rings. The molecule has 1 aromatic carbocycles. The average Bonchev–Trinajstić information content (AvgIpc) is 3.47. The lowest BCUT2D eigenvalue weighted by molar-refractivity contribution is 0.0997. The molecule has 8 heteroatoms. The van der Waals surface area contributed by atoms with Crippen LogP contribution in [-0.4, -0.2) is 25.1 Å². The Morgan fingerprint density at radius 1 is 1.09 bits per heavy atom. The number of nitrogens with one attached hydrogen (secondary N) is 2. The molecule has 0 aliphatic carbocycles. The Balaban J connectivity index is 1.85. The van der Waals surface area contributed by atoms with E-state index in [1.807, 2.05) is 50.2 Å². The number of methoxy groups -OCH3 is 2. The molecule has 0 aliphatic heterocycles. The number of pyridine rings is 1. The van der Waals surface area contributed by atoms with Gasteiger partial charge >= 0.3 is 0 Å². The van der Waals surface area contributed by atoms with Gasteiger partial charge in [0, 0.05) is 22.2 Å². The van der Waals surface area contributed by atoms with E-state index < -0.39 is 0 Å². The van der Waals surface area contributed by atoms with Crippen LogP contribution in [0.4, 0.5) is 10.8 Å². The first kappa shape index (κ1) is 22.4. The van der Waals surface area contributed by atoms with Crippen molar-refractivity contribution in [1.82, 2.24) is 4.98 Å². The van der Waals surface area contributed by atoms with Crippen molar-refractivity contribution in [3.63, 3.8) is 0 Å². The van der Waals surface area contributed by atoms with E-state index in [4.69, 9.17) is 13.9 Å². The summed E-state index contributed by atoms with van der Waals surface area (Å²) in [5.41, 5.74) is 2.85. The summed E-state index contributed by atoms with van der Waals surface area (Å²) in [5.74, 6) is 2.02. The van der Waals surface area contributed by atoms with Gasteiger partial charge in [-0.15, -0.1) is 11.3 Å². The van der Waals surface area contributed by atoms with Crippen LogP contribution in [0.25, 0.3) is 0 Å². The zero-order chi connectivity index (χ0) is 23.4. The summed E-state index contributed by atoms with van der Waals surface area (Å²) in [6.07, 6.45) is 3.21. The second-order valence-electron chi connectivity index (χ2n) is 7.36. The third kappa shape index (κ3) is 4.70. The van der Waals surface area contributed by atoms with Gasteiger partial charge in [-0.1, -0.05) is 6.07 Å². The fraction of sp³-hybridized carbons (Fsp3) is 0.200. The minimum atomic E-state index is -0.373.